The highest BCUT2D eigenvalue weighted by molar-refractivity contribution is 7.89. The lowest BCUT2D eigenvalue weighted by molar-refractivity contribution is 0.133. The number of nitrogens with one attached hydrogen (secondary N) is 1. The van der Waals surface area contributed by atoms with E-state index in [-0.39, 0.29) is 16.8 Å². The van der Waals surface area contributed by atoms with Crippen LogP contribution < -0.4 is 10.5 Å². The Morgan fingerprint density at radius 3 is 2.61 bits per heavy atom. The molecule has 0 aliphatic carbocycles. The minimum Gasteiger partial charge on any atom is -0.381 e. The lowest BCUT2D eigenvalue weighted by Crippen LogP contribution is -2.36. The van der Waals surface area contributed by atoms with Crippen molar-refractivity contribution in [1.82, 2.24) is 14.5 Å². The van der Waals surface area contributed by atoms with E-state index >= 15 is 0 Å². The molecule has 1 aromatic rings. The number of hydrogen-bond donors (Lipinski definition) is 2. The van der Waals surface area contributed by atoms with Crippen LogP contribution in [0, 0.1) is 6.92 Å². The lowest BCUT2D eigenvalue weighted by atomic mass is 10.4. The van der Waals surface area contributed by atoms with Gasteiger partial charge in [0.2, 0.25) is 10.0 Å². The Morgan fingerprint density at radius 1 is 1.56 bits per heavy atom. The molecule has 0 aromatic carbocycles. The summed E-state index contributed by atoms with van der Waals surface area (Å²) in [5.74, 6) is 0.00566. The van der Waals surface area contributed by atoms with Gasteiger partial charge in [0.1, 0.15) is 4.90 Å². The quantitative estimate of drug-likeness (QED) is 0.762. The average Bonchev–Trinajstić information content (AvgIpc) is 2.49. The molecule has 8 heteroatoms. The van der Waals surface area contributed by atoms with E-state index in [0.29, 0.717) is 18.9 Å². The molecule has 1 aromatic heterocycles. The van der Waals surface area contributed by atoms with Gasteiger partial charge < -0.3 is 10.5 Å². The van der Waals surface area contributed by atoms with Gasteiger partial charge in [0.25, 0.3) is 0 Å². The van der Waals surface area contributed by atoms with Crippen LogP contribution in [0.4, 0.5) is 5.82 Å². The first-order valence-corrected chi connectivity index (χ1v) is 7.17. The highest BCUT2D eigenvalue weighted by Gasteiger charge is 2.26. The van der Waals surface area contributed by atoms with E-state index < -0.39 is 10.0 Å². The lowest BCUT2D eigenvalue weighted by Gasteiger charge is -2.14. The molecule has 104 valence electrons. The standard InChI is InChI=1S/C10H20N4O3S/c1-5-17-6-7(2)13-18(15,16)9-8(3)14(4)12-10(9)11/h7,13H,5-6H2,1-4H3,(H2,11,12). The number of nitrogen functional groups attached to an aromatic ring is 1. The summed E-state index contributed by atoms with van der Waals surface area (Å²) in [5.41, 5.74) is 6.13. The fraction of sp³-hybridized carbons (Fsp3) is 0.700. The van der Waals surface area contributed by atoms with Crippen molar-refractivity contribution in [2.45, 2.75) is 31.7 Å². The van der Waals surface area contributed by atoms with Gasteiger partial charge in [-0.3, -0.25) is 4.68 Å². The number of nitrogens with zero attached hydrogens (tertiary/aromatic N) is 2. The molecule has 3 N–H and O–H groups in total. The predicted molar refractivity (Wildman–Crippen MR) is 68.6 cm³/mol. The topological polar surface area (TPSA) is 99.2 Å². The maximum absolute atomic E-state index is 12.2. The normalized spacial score (nSPS) is 13.8. The van der Waals surface area contributed by atoms with Gasteiger partial charge in [-0.1, -0.05) is 0 Å². The third-order valence-electron chi connectivity index (χ3n) is 2.50. The summed E-state index contributed by atoms with van der Waals surface area (Å²) in [6.07, 6.45) is 0. The molecular formula is C10H20N4O3S. The Labute approximate surface area is 107 Å². The second kappa shape index (κ2) is 5.68. The minimum absolute atomic E-state index is 0.00566. The van der Waals surface area contributed by atoms with E-state index in [1.807, 2.05) is 6.92 Å². The van der Waals surface area contributed by atoms with Gasteiger partial charge in [-0.25, -0.2) is 13.1 Å². The number of rotatable bonds is 6. The zero-order chi connectivity index (χ0) is 13.9. The van der Waals surface area contributed by atoms with Gasteiger partial charge in [-0.05, 0) is 20.8 Å². The molecule has 1 atom stereocenters. The molecule has 0 fully saturated rings. The molecule has 0 bridgehead atoms. The number of ether oxygens (including phenoxy) is 1. The van der Waals surface area contributed by atoms with Gasteiger partial charge in [-0.2, -0.15) is 5.10 Å². The summed E-state index contributed by atoms with van der Waals surface area (Å²) in [7, 11) is -2.02. The van der Waals surface area contributed by atoms with Crippen LogP contribution in [0.15, 0.2) is 4.90 Å². The molecule has 0 saturated heterocycles. The third-order valence-corrected chi connectivity index (χ3v) is 4.26. The number of anilines is 1. The molecule has 0 aliphatic heterocycles. The molecule has 7 nitrogen and oxygen atoms in total. The van der Waals surface area contributed by atoms with Crippen LogP contribution in [0.5, 0.6) is 0 Å². The van der Waals surface area contributed by atoms with E-state index in [9.17, 15) is 8.42 Å². The Morgan fingerprint density at radius 2 is 2.17 bits per heavy atom. The number of aryl methyl sites for hydroxylation is 1. The predicted octanol–water partition coefficient (Wildman–Crippen LogP) is 0.0140. The molecule has 0 amide bonds. The SMILES string of the molecule is CCOCC(C)NS(=O)(=O)c1c(N)nn(C)c1C. The number of aromatic nitrogens is 2. The summed E-state index contributed by atoms with van der Waals surface area (Å²) >= 11 is 0. The van der Waals surface area contributed by atoms with Crippen LogP contribution >= 0.6 is 0 Å². The molecule has 18 heavy (non-hydrogen) atoms. The van der Waals surface area contributed by atoms with Crippen LogP contribution in [0.2, 0.25) is 0 Å². The second-order valence-corrected chi connectivity index (χ2v) is 5.76. The third kappa shape index (κ3) is 3.21. The van der Waals surface area contributed by atoms with Crippen LogP contribution in [0.1, 0.15) is 19.5 Å². The van der Waals surface area contributed by atoms with E-state index in [2.05, 4.69) is 9.82 Å². The van der Waals surface area contributed by atoms with Crippen molar-refractivity contribution in [1.29, 1.82) is 0 Å². The molecule has 1 unspecified atom stereocenters. The van der Waals surface area contributed by atoms with E-state index in [0.717, 1.165) is 0 Å². The molecule has 0 spiro atoms. The maximum Gasteiger partial charge on any atom is 0.246 e. The highest BCUT2D eigenvalue weighted by Crippen LogP contribution is 2.21. The van der Waals surface area contributed by atoms with Crippen LogP contribution in [0.3, 0.4) is 0 Å². The summed E-state index contributed by atoms with van der Waals surface area (Å²) in [5, 5.41) is 3.89. The Balaban J connectivity index is 2.93. The zero-order valence-electron chi connectivity index (χ0n) is 11.1. The second-order valence-electron chi connectivity index (χ2n) is 4.11. The molecule has 1 rings (SSSR count). The summed E-state index contributed by atoms with van der Waals surface area (Å²) < 4.78 is 33.4. The van der Waals surface area contributed by atoms with Crippen molar-refractivity contribution in [2.24, 2.45) is 7.05 Å². The number of sulfonamides is 1. The van der Waals surface area contributed by atoms with Gasteiger partial charge in [0.05, 0.1) is 12.3 Å². The van der Waals surface area contributed by atoms with E-state index in [1.54, 1.807) is 20.9 Å². The van der Waals surface area contributed by atoms with Crippen molar-refractivity contribution in [3.05, 3.63) is 5.69 Å². The van der Waals surface area contributed by atoms with Crippen molar-refractivity contribution in [2.75, 3.05) is 18.9 Å². The van der Waals surface area contributed by atoms with Gasteiger partial charge in [0, 0.05) is 19.7 Å². The Kier molecular flexibility index (Phi) is 4.71. The summed E-state index contributed by atoms with van der Waals surface area (Å²) in [4.78, 5) is 0.0355. The average molecular weight is 276 g/mol. The fourth-order valence-corrected chi connectivity index (χ4v) is 3.15. The smallest absolute Gasteiger partial charge is 0.246 e. The first-order chi connectivity index (χ1) is 8.29. The molecule has 0 saturated carbocycles. The maximum atomic E-state index is 12.2. The van der Waals surface area contributed by atoms with Crippen LogP contribution in [-0.2, 0) is 21.8 Å². The monoisotopic (exact) mass is 276 g/mol. The first-order valence-electron chi connectivity index (χ1n) is 5.68. The minimum atomic E-state index is -3.67. The Hall–Kier alpha value is -1.12. The van der Waals surface area contributed by atoms with Crippen molar-refractivity contribution in [3.8, 4) is 0 Å². The van der Waals surface area contributed by atoms with E-state index in [4.69, 9.17) is 10.5 Å². The molecule has 1 heterocycles. The van der Waals surface area contributed by atoms with Crippen molar-refractivity contribution >= 4 is 15.8 Å². The van der Waals surface area contributed by atoms with Crippen molar-refractivity contribution in [3.63, 3.8) is 0 Å². The number of hydrogen-bond acceptors (Lipinski definition) is 5. The van der Waals surface area contributed by atoms with Gasteiger partial charge in [0.15, 0.2) is 5.82 Å². The fourth-order valence-electron chi connectivity index (χ4n) is 1.60. The molecule has 0 aliphatic rings. The van der Waals surface area contributed by atoms with E-state index in [1.165, 1.54) is 4.68 Å². The van der Waals surface area contributed by atoms with Gasteiger partial charge in [-0.15, -0.1) is 0 Å². The summed E-state index contributed by atoms with van der Waals surface area (Å²) in [6, 6.07) is -0.325. The number of nitrogens with two attached hydrogens (primary N) is 1. The zero-order valence-corrected chi connectivity index (χ0v) is 11.9. The molecule has 0 radical (unpaired) electrons. The van der Waals surface area contributed by atoms with Crippen LogP contribution in [0.25, 0.3) is 0 Å². The van der Waals surface area contributed by atoms with Crippen LogP contribution in [-0.4, -0.2) is 37.5 Å². The first kappa shape index (κ1) is 14.9. The highest BCUT2D eigenvalue weighted by atomic mass is 32.2. The molecular weight excluding hydrogens is 256 g/mol. The van der Waals surface area contributed by atoms with Crippen molar-refractivity contribution < 1.29 is 13.2 Å². The largest absolute Gasteiger partial charge is 0.381 e. The van der Waals surface area contributed by atoms with Gasteiger partial charge >= 0.3 is 0 Å². The summed E-state index contributed by atoms with van der Waals surface area (Å²) in [6.45, 7) is 6.10. The Bertz CT molecular complexity index is 509.